The molecule has 6 heteroatoms. The van der Waals surface area contributed by atoms with Gasteiger partial charge < -0.3 is 16.0 Å². The minimum atomic E-state index is -0.112. The molecule has 1 aromatic rings. The van der Waals surface area contributed by atoms with Crippen LogP contribution in [0.2, 0.25) is 0 Å². The highest BCUT2D eigenvalue weighted by molar-refractivity contribution is 7.80. The maximum atomic E-state index is 11.6. The molecular weight excluding hydrogens is 286 g/mol. The van der Waals surface area contributed by atoms with E-state index in [2.05, 4.69) is 16.0 Å². The number of nitrogens with one attached hydrogen (secondary N) is 3. The van der Waals surface area contributed by atoms with Crippen LogP contribution in [-0.2, 0) is 4.79 Å². The molecule has 114 valence electrons. The summed E-state index contributed by atoms with van der Waals surface area (Å²) >= 11 is 5.07. The van der Waals surface area contributed by atoms with Crippen molar-refractivity contribution in [3.8, 4) is 0 Å². The van der Waals surface area contributed by atoms with E-state index in [0.29, 0.717) is 18.5 Å². The first-order chi connectivity index (χ1) is 10.1. The number of hydrogen-bond donors (Lipinski definition) is 3. The molecule has 0 spiro atoms. The van der Waals surface area contributed by atoms with Gasteiger partial charge in [0.2, 0.25) is 5.91 Å². The highest BCUT2D eigenvalue weighted by Gasteiger charge is 2.06. The van der Waals surface area contributed by atoms with Crippen molar-refractivity contribution in [2.75, 3.05) is 11.9 Å². The Morgan fingerprint density at radius 3 is 2.38 bits per heavy atom. The van der Waals surface area contributed by atoms with Crippen molar-refractivity contribution in [1.29, 1.82) is 0 Å². The molecule has 0 saturated heterocycles. The summed E-state index contributed by atoms with van der Waals surface area (Å²) in [5.41, 5.74) is 1.31. The number of benzene rings is 1. The molecule has 5 nitrogen and oxygen atoms in total. The van der Waals surface area contributed by atoms with Crippen molar-refractivity contribution < 1.29 is 9.59 Å². The Morgan fingerprint density at radius 2 is 1.81 bits per heavy atom. The van der Waals surface area contributed by atoms with E-state index in [1.807, 2.05) is 13.8 Å². The molecule has 0 aliphatic carbocycles. The Balaban J connectivity index is 2.49. The number of carbonyl (C=O) groups excluding carboxylic acids is 2. The average molecular weight is 307 g/mol. The minimum absolute atomic E-state index is 0.0895. The molecule has 0 atom stereocenters. The smallest absolute Gasteiger partial charge is 0.251 e. The zero-order valence-corrected chi connectivity index (χ0v) is 13.2. The molecule has 0 heterocycles. The summed E-state index contributed by atoms with van der Waals surface area (Å²) in [6.07, 6.45) is 2.28. The number of rotatable bonds is 6. The van der Waals surface area contributed by atoms with Crippen LogP contribution in [-0.4, -0.2) is 23.5 Å². The SMILES string of the molecule is CCCCC(=O)NC(=S)Nc1ccc(C(=O)NCC)cc1. The lowest BCUT2D eigenvalue weighted by molar-refractivity contribution is -0.119. The number of thiocarbonyl (C=S) groups is 1. The fourth-order valence-corrected chi connectivity index (χ4v) is 1.89. The van der Waals surface area contributed by atoms with E-state index in [1.54, 1.807) is 24.3 Å². The lowest BCUT2D eigenvalue weighted by atomic mass is 10.2. The average Bonchev–Trinajstić information content (AvgIpc) is 2.46. The van der Waals surface area contributed by atoms with E-state index in [-0.39, 0.29) is 16.9 Å². The molecule has 1 aromatic carbocycles. The molecule has 0 fully saturated rings. The summed E-state index contributed by atoms with van der Waals surface area (Å²) in [7, 11) is 0. The predicted molar refractivity (Wildman–Crippen MR) is 88.3 cm³/mol. The van der Waals surface area contributed by atoms with Crippen molar-refractivity contribution in [1.82, 2.24) is 10.6 Å². The molecule has 0 aliphatic heterocycles. The van der Waals surface area contributed by atoms with Crippen molar-refractivity contribution in [3.63, 3.8) is 0 Å². The van der Waals surface area contributed by atoms with Crippen LogP contribution < -0.4 is 16.0 Å². The Labute approximate surface area is 130 Å². The number of carbonyl (C=O) groups is 2. The van der Waals surface area contributed by atoms with E-state index in [4.69, 9.17) is 12.2 Å². The van der Waals surface area contributed by atoms with Crippen molar-refractivity contribution in [2.45, 2.75) is 33.1 Å². The van der Waals surface area contributed by atoms with Gasteiger partial charge in [-0.2, -0.15) is 0 Å². The zero-order valence-electron chi connectivity index (χ0n) is 12.4. The Hall–Kier alpha value is -1.95. The fraction of sp³-hybridized carbons (Fsp3) is 0.400. The quantitative estimate of drug-likeness (QED) is 0.706. The lowest BCUT2D eigenvalue weighted by Crippen LogP contribution is -2.33. The van der Waals surface area contributed by atoms with Gasteiger partial charge in [0.05, 0.1) is 0 Å². The van der Waals surface area contributed by atoms with Crippen LogP contribution in [0.25, 0.3) is 0 Å². The molecule has 0 aliphatic rings. The second kappa shape index (κ2) is 9.07. The van der Waals surface area contributed by atoms with Gasteiger partial charge in [-0.05, 0) is 49.8 Å². The van der Waals surface area contributed by atoms with Crippen LogP contribution in [0.5, 0.6) is 0 Å². The van der Waals surface area contributed by atoms with Gasteiger partial charge in [-0.15, -0.1) is 0 Å². The van der Waals surface area contributed by atoms with Gasteiger partial charge >= 0.3 is 0 Å². The van der Waals surface area contributed by atoms with E-state index >= 15 is 0 Å². The van der Waals surface area contributed by atoms with E-state index in [1.165, 1.54) is 0 Å². The van der Waals surface area contributed by atoms with Gasteiger partial charge in [0.25, 0.3) is 5.91 Å². The number of amides is 2. The van der Waals surface area contributed by atoms with Crippen molar-refractivity contribution >= 4 is 34.8 Å². The topological polar surface area (TPSA) is 70.2 Å². The standard InChI is InChI=1S/C15H21N3O2S/c1-3-5-6-13(19)18-15(21)17-12-9-7-11(8-10-12)14(20)16-4-2/h7-10H,3-6H2,1-2H3,(H,16,20)(H2,17,18,19,21). The molecule has 2 amide bonds. The third-order valence-corrected chi connectivity index (χ3v) is 2.96. The second-order valence-corrected chi connectivity index (χ2v) is 4.95. The van der Waals surface area contributed by atoms with Crippen LogP contribution in [0.3, 0.4) is 0 Å². The third-order valence-electron chi connectivity index (χ3n) is 2.75. The maximum absolute atomic E-state index is 11.6. The van der Waals surface area contributed by atoms with Crippen LogP contribution in [0.1, 0.15) is 43.5 Å². The predicted octanol–water partition coefficient (Wildman–Crippen LogP) is 2.44. The molecule has 1 rings (SSSR count). The van der Waals surface area contributed by atoms with Crippen LogP contribution >= 0.6 is 12.2 Å². The summed E-state index contributed by atoms with van der Waals surface area (Å²) < 4.78 is 0. The molecule has 0 saturated carbocycles. The molecule has 0 radical (unpaired) electrons. The molecule has 0 aromatic heterocycles. The van der Waals surface area contributed by atoms with E-state index < -0.39 is 0 Å². The normalized spacial score (nSPS) is 9.81. The number of anilines is 1. The monoisotopic (exact) mass is 307 g/mol. The molecular formula is C15H21N3O2S. The zero-order chi connectivity index (χ0) is 15.7. The van der Waals surface area contributed by atoms with Crippen LogP contribution in [0.4, 0.5) is 5.69 Å². The summed E-state index contributed by atoms with van der Waals surface area (Å²) in [4.78, 5) is 23.1. The van der Waals surface area contributed by atoms with Gasteiger partial charge in [-0.3, -0.25) is 9.59 Å². The minimum Gasteiger partial charge on any atom is -0.352 e. The number of hydrogen-bond acceptors (Lipinski definition) is 3. The highest BCUT2D eigenvalue weighted by atomic mass is 32.1. The first kappa shape index (κ1) is 17.1. The largest absolute Gasteiger partial charge is 0.352 e. The Kier molecular flexibility index (Phi) is 7.39. The van der Waals surface area contributed by atoms with Crippen molar-refractivity contribution in [2.24, 2.45) is 0 Å². The first-order valence-corrected chi connectivity index (χ1v) is 7.46. The first-order valence-electron chi connectivity index (χ1n) is 7.06. The fourth-order valence-electron chi connectivity index (χ4n) is 1.66. The Bertz CT molecular complexity index is 500. The maximum Gasteiger partial charge on any atom is 0.251 e. The third kappa shape index (κ3) is 6.35. The second-order valence-electron chi connectivity index (χ2n) is 4.54. The summed E-state index contributed by atoms with van der Waals surface area (Å²) in [5.74, 6) is -0.201. The molecule has 21 heavy (non-hydrogen) atoms. The van der Waals surface area contributed by atoms with Crippen molar-refractivity contribution in [3.05, 3.63) is 29.8 Å². The van der Waals surface area contributed by atoms with Crippen LogP contribution in [0, 0.1) is 0 Å². The Morgan fingerprint density at radius 1 is 1.14 bits per heavy atom. The highest BCUT2D eigenvalue weighted by Crippen LogP contribution is 2.09. The number of unbranched alkanes of at least 4 members (excludes halogenated alkanes) is 1. The summed E-state index contributed by atoms with van der Waals surface area (Å²) in [6, 6.07) is 6.90. The van der Waals surface area contributed by atoms with Crippen LogP contribution in [0.15, 0.2) is 24.3 Å². The van der Waals surface area contributed by atoms with E-state index in [9.17, 15) is 9.59 Å². The summed E-state index contributed by atoms with van der Waals surface area (Å²) in [6.45, 7) is 4.49. The van der Waals surface area contributed by atoms with Gasteiger partial charge in [0.1, 0.15) is 0 Å². The van der Waals surface area contributed by atoms with Gasteiger partial charge in [0, 0.05) is 24.2 Å². The van der Waals surface area contributed by atoms with E-state index in [0.717, 1.165) is 18.5 Å². The molecule has 3 N–H and O–H groups in total. The molecule has 0 bridgehead atoms. The van der Waals surface area contributed by atoms with Gasteiger partial charge in [-0.1, -0.05) is 13.3 Å². The van der Waals surface area contributed by atoms with Gasteiger partial charge in [0.15, 0.2) is 5.11 Å². The van der Waals surface area contributed by atoms with Gasteiger partial charge in [-0.25, -0.2) is 0 Å². The lowest BCUT2D eigenvalue weighted by Gasteiger charge is -2.10. The molecule has 0 unspecified atom stereocenters. The summed E-state index contributed by atoms with van der Waals surface area (Å²) in [5, 5.41) is 8.53.